The smallest absolute Gasteiger partial charge is 0.110 e. The first kappa shape index (κ1) is 14.5. The lowest BCUT2D eigenvalue weighted by atomic mass is 10.1. The first-order valence-electron chi connectivity index (χ1n) is 6.36. The molecule has 5 heteroatoms. The monoisotopic (exact) mass is 336 g/mol. The summed E-state index contributed by atoms with van der Waals surface area (Å²) in [4.78, 5) is 7.66. The minimum absolute atomic E-state index is 0.439. The topological polar surface area (TPSA) is 28.7 Å². The Labute approximate surface area is 137 Å². The van der Waals surface area contributed by atoms with Crippen molar-refractivity contribution in [2.24, 2.45) is 0 Å². The van der Waals surface area contributed by atoms with E-state index < -0.39 is 0 Å². The number of aromatic amines is 1. The summed E-state index contributed by atoms with van der Waals surface area (Å²) in [5.74, 6) is 0.873. The first-order valence-corrected chi connectivity index (χ1v) is 7.49. The van der Waals surface area contributed by atoms with Crippen molar-refractivity contribution in [1.82, 2.24) is 9.97 Å². The molecule has 0 spiro atoms. The van der Waals surface area contributed by atoms with Crippen molar-refractivity contribution >= 4 is 34.8 Å². The number of rotatable bonds is 3. The molecule has 0 aliphatic carbocycles. The predicted molar refractivity (Wildman–Crippen MR) is 88.3 cm³/mol. The van der Waals surface area contributed by atoms with Crippen LogP contribution in [-0.4, -0.2) is 9.97 Å². The second kappa shape index (κ2) is 6.10. The number of hydrogen-bond acceptors (Lipinski definition) is 1. The zero-order valence-electron chi connectivity index (χ0n) is 10.9. The van der Waals surface area contributed by atoms with Crippen LogP contribution >= 0.6 is 34.8 Å². The summed E-state index contributed by atoms with van der Waals surface area (Å²) in [6, 6.07) is 13.5. The van der Waals surface area contributed by atoms with Crippen LogP contribution in [0.1, 0.15) is 11.4 Å². The van der Waals surface area contributed by atoms with Crippen LogP contribution in [-0.2, 0) is 6.42 Å². The zero-order valence-corrected chi connectivity index (χ0v) is 13.2. The van der Waals surface area contributed by atoms with Gasteiger partial charge in [-0.2, -0.15) is 0 Å². The zero-order chi connectivity index (χ0) is 14.8. The first-order chi connectivity index (χ1) is 10.1. The SMILES string of the molecule is Clc1cc(Cl)c(-c2cnc(Cc3ccccc3)[nH]2)cc1Cl. The summed E-state index contributed by atoms with van der Waals surface area (Å²) in [6.07, 6.45) is 2.49. The van der Waals surface area contributed by atoms with E-state index in [1.165, 1.54) is 5.56 Å². The molecule has 3 rings (SSSR count). The minimum atomic E-state index is 0.439. The number of imidazole rings is 1. The fourth-order valence-electron chi connectivity index (χ4n) is 2.11. The number of nitrogens with zero attached hydrogens (tertiary/aromatic N) is 1. The lowest BCUT2D eigenvalue weighted by Gasteiger charge is -2.04. The van der Waals surface area contributed by atoms with Crippen molar-refractivity contribution < 1.29 is 0 Å². The average molecular weight is 338 g/mol. The van der Waals surface area contributed by atoms with Gasteiger partial charge in [0.2, 0.25) is 0 Å². The number of benzene rings is 2. The van der Waals surface area contributed by atoms with E-state index in [0.29, 0.717) is 15.1 Å². The molecule has 0 saturated carbocycles. The van der Waals surface area contributed by atoms with E-state index in [1.54, 1.807) is 18.3 Å². The molecule has 106 valence electrons. The molecule has 21 heavy (non-hydrogen) atoms. The number of halogens is 3. The van der Waals surface area contributed by atoms with Crippen LogP contribution < -0.4 is 0 Å². The van der Waals surface area contributed by atoms with Crippen LogP contribution in [0.4, 0.5) is 0 Å². The van der Waals surface area contributed by atoms with Crippen molar-refractivity contribution in [3.63, 3.8) is 0 Å². The van der Waals surface area contributed by atoms with E-state index in [1.807, 2.05) is 18.2 Å². The second-order valence-electron chi connectivity index (χ2n) is 4.65. The van der Waals surface area contributed by atoms with Gasteiger partial charge in [0.1, 0.15) is 5.82 Å². The summed E-state index contributed by atoms with van der Waals surface area (Å²) in [7, 11) is 0. The Bertz CT molecular complexity index is 766. The third-order valence-electron chi connectivity index (χ3n) is 3.14. The van der Waals surface area contributed by atoms with Gasteiger partial charge in [-0.05, 0) is 17.7 Å². The number of aromatic nitrogens is 2. The van der Waals surface area contributed by atoms with Crippen LogP contribution in [0.3, 0.4) is 0 Å². The number of hydrogen-bond donors (Lipinski definition) is 1. The van der Waals surface area contributed by atoms with Crippen LogP contribution in [0.25, 0.3) is 11.3 Å². The normalized spacial score (nSPS) is 10.8. The molecule has 0 fully saturated rings. The van der Waals surface area contributed by atoms with Crippen LogP contribution in [0.2, 0.25) is 15.1 Å². The summed E-state index contributed by atoms with van der Waals surface area (Å²) < 4.78 is 0. The molecule has 1 N–H and O–H groups in total. The fourth-order valence-corrected chi connectivity index (χ4v) is 2.76. The molecule has 0 aliphatic rings. The highest BCUT2D eigenvalue weighted by molar-refractivity contribution is 6.44. The van der Waals surface area contributed by atoms with Crippen molar-refractivity contribution in [1.29, 1.82) is 0 Å². The van der Waals surface area contributed by atoms with Gasteiger partial charge in [-0.15, -0.1) is 0 Å². The lowest BCUT2D eigenvalue weighted by molar-refractivity contribution is 1.03. The highest BCUT2D eigenvalue weighted by Gasteiger charge is 2.11. The maximum Gasteiger partial charge on any atom is 0.110 e. The maximum absolute atomic E-state index is 6.21. The molecule has 2 aromatic carbocycles. The number of H-pyrrole nitrogens is 1. The van der Waals surface area contributed by atoms with E-state index in [-0.39, 0.29) is 0 Å². The van der Waals surface area contributed by atoms with Gasteiger partial charge in [-0.1, -0.05) is 65.1 Å². The van der Waals surface area contributed by atoms with E-state index in [9.17, 15) is 0 Å². The summed E-state index contributed by atoms with van der Waals surface area (Å²) in [5.41, 5.74) is 2.81. The van der Waals surface area contributed by atoms with Gasteiger partial charge in [0.25, 0.3) is 0 Å². The Kier molecular flexibility index (Phi) is 4.20. The van der Waals surface area contributed by atoms with Gasteiger partial charge < -0.3 is 4.98 Å². The van der Waals surface area contributed by atoms with Gasteiger partial charge in [0.05, 0.1) is 27.0 Å². The van der Waals surface area contributed by atoms with Gasteiger partial charge in [0, 0.05) is 12.0 Å². The molecule has 0 bridgehead atoms. The molecule has 1 heterocycles. The Morgan fingerprint density at radius 2 is 1.62 bits per heavy atom. The molecule has 3 aromatic rings. The van der Waals surface area contributed by atoms with Crippen LogP contribution in [0, 0.1) is 0 Å². The molecule has 2 nitrogen and oxygen atoms in total. The molecule has 0 amide bonds. The van der Waals surface area contributed by atoms with Crippen molar-refractivity contribution in [3.05, 3.63) is 75.1 Å². The lowest BCUT2D eigenvalue weighted by Crippen LogP contribution is -1.90. The van der Waals surface area contributed by atoms with E-state index in [0.717, 1.165) is 23.5 Å². The third kappa shape index (κ3) is 3.24. The maximum atomic E-state index is 6.21. The summed E-state index contributed by atoms with van der Waals surface area (Å²) in [5, 5.41) is 1.45. The standard InChI is InChI=1S/C16H11Cl3N2/c17-12-8-14(19)13(18)7-11(12)15-9-20-16(21-15)6-10-4-2-1-3-5-10/h1-5,7-9H,6H2,(H,20,21). The minimum Gasteiger partial charge on any atom is -0.342 e. The molecule has 0 radical (unpaired) electrons. The largest absolute Gasteiger partial charge is 0.342 e. The van der Waals surface area contributed by atoms with Crippen molar-refractivity contribution in [3.8, 4) is 11.3 Å². The third-order valence-corrected chi connectivity index (χ3v) is 4.18. The Morgan fingerprint density at radius 3 is 2.38 bits per heavy atom. The van der Waals surface area contributed by atoms with E-state index in [2.05, 4.69) is 22.1 Å². The Balaban J connectivity index is 1.90. The van der Waals surface area contributed by atoms with Gasteiger partial charge in [-0.25, -0.2) is 4.98 Å². The Morgan fingerprint density at radius 1 is 0.905 bits per heavy atom. The van der Waals surface area contributed by atoms with Gasteiger partial charge >= 0.3 is 0 Å². The molecule has 0 aliphatic heterocycles. The quantitative estimate of drug-likeness (QED) is 0.617. The molecular weight excluding hydrogens is 327 g/mol. The molecule has 0 saturated heterocycles. The fraction of sp³-hybridized carbons (Fsp3) is 0.0625. The summed E-state index contributed by atoms with van der Waals surface area (Å²) in [6.45, 7) is 0. The number of nitrogens with one attached hydrogen (secondary N) is 1. The van der Waals surface area contributed by atoms with E-state index in [4.69, 9.17) is 34.8 Å². The van der Waals surface area contributed by atoms with Crippen molar-refractivity contribution in [2.45, 2.75) is 6.42 Å². The molecule has 1 aromatic heterocycles. The van der Waals surface area contributed by atoms with Crippen LogP contribution in [0.15, 0.2) is 48.7 Å². The second-order valence-corrected chi connectivity index (χ2v) is 5.87. The van der Waals surface area contributed by atoms with Crippen LogP contribution in [0.5, 0.6) is 0 Å². The predicted octanol–water partition coefficient (Wildman–Crippen LogP) is 5.63. The highest BCUT2D eigenvalue weighted by Crippen LogP contribution is 2.34. The molecular formula is C16H11Cl3N2. The molecule has 0 unspecified atom stereocenters. The molecule has 0 atom stereocenters. The summed E-state index contributed by atoms with van der Waals surface area (Å²) >= 11 is 18.2. The van der Waals surface area contributed by atoms with E-state index >= 15 is 0 Å². The Hall–Kier alpha value is -1.48. The van der Waals surface area contributed by atoms with Crippen molar-refractivity contribution in [2.75, 3.05) is 0 Å². The average Bonchev–Trinajstić information content (AvgIpc) is 2.92. The van der Waals surface area contributed by atoms with Gasteiger partial charge in [-0.3, -0.25) is 0 Å². The van der Waals surface area contributed by atoms with Gasteiger partial charge in [0.15, 0.2) is 0 Å². The highest BCUT2D eigenvalue weighted by atomic mass is 35.5.